The van der Waals surface area contributed by atoms with Crippen molar-refractivity contribution >= 4 is 34.6 Å². The van der Waals surface area contributed by atoms with Crippen molar-refractivity contribution < 1.29 is 27.5 Å². The Morgan fingerprint density at radius 2 is 1.90 bits per heavy atom. The average Bonchev–Trinajstić information content (AvgIpc) is 2.84. The van der Waals surface area contributed by atoms with E-state index in [9.17, 15) is 22.8 Å². The van der Waals surface area contributed by atoms with E-state index in [1.54, 1.807) is 35.2 Å². The number of nitrogens with zero attached hydrogens (tertiary/aromatic N) is 2. The summed E-state index contributed by atoms with van der Waals surface area (Å²) < 4.78 is 42.8. The number of amidine groups is 1. The van der Waals surface area contributed by atoms with Crippen LogP contribution in [0.15, 0.2) is 47.1 Å². The van der Waals surface area contributed by atoms with Crippen molar-refractivity contribution in [1.29, 1.82) is 0 Å². The number of amides is 1. The highest BCUT2D eigenvalue weighted by molar-refractivity contribution is 6.15. The maximum atomic E-state index is 12.8. The monoisotopic (exact) mass is 402 g/mol. The van der Waals surface area contributed by atoms with Gasteiger partial charge in [-0.05, 0) is 35.8 Å². The molecule has 0 N–H and O–H groups in total. The SMILES string of the molecule is O=C1/C(=C/c2c(OC(=O)C(F)(F)F)ccc3ccccc23)N=C2CCCCCN12. The number of hydrogen-bond acceptors (Lipinski definition) is 4. The van der Waals surface area contributed by atoms with Crippen LogP contribution in [0.4, 0.5) is 13.2 Å². The van der Waals surface area contributed by atoms with Crippen LogP contribution >= 0.6 is 0 Å². The Morgan fingerprint density at radius 3 is 2.69 bits per heavy atom. The van der Waals surface area contributed by atoms with Gasteiger partial charge < -0.3 is 4.74 Å². The summed E-state index contributed by atoms with van der Waals surface area (Å²) in [4.78, 5) is 30.2. The minimum atomic E-state index is -5.13. The standard InChI is InChI=1S/C21H17F3N2O3/c22-21(23,24)20(28)29-17-10-9-13-6-3-4-7-14(13)15(17)12-16-19(27)26-11-5-1-2-8-18(26)25-16/h3-4,6-7,9-10,12H,1-2,5,8,11H2/b16-12-. The second kappa shape index (κ2) is 7.35. The second-order valence-corrected chi connectivity index (χ2v) is 6.91. The number of benzene rings is 2. The smallest absolute Gasteiger partial charge is 0.419 e. The molecule has 0 unspecified atom stereocenters. The molecule has 8 heteroatoms. The lowest BCUT2D eigenvalue weighted by Gasteiger charge is -2.14. The summed E-state index contributed by atoms with van der Waals surface area (Å²) in [5, 5.41) is 1.29. The minimum Gasteiger partial charge on any atom is -0.419 e. The maximum absolute atomic E-state index is 12.8. The highest BCUT2D eigenvalue weighted by Gasteiger charge is 2.41. The number of alkyl halides is 3. The van der Waals surface area contributed by atoms with Gasteiger partial charge in [0.05, 0.1) is 0 Å². The van der Waals surface area contributed by atoms with Crippen molar-refractivity contribution in [3.05, 3.63) is 47.7 Å². The van der Waals surface area contributed by atoms with Crippen molar-refractivity contribution in [2.45, 2.75) is 31.9 Å². The van der Waals surface area contributed by atoms with Crippen LogP contribution in [0.25, 0.3) is 16.8 Å². The number of esters is 1. The topological polar surface area (TPSA) is 59.0 Å². The molecule has 1 fully saturated rings. The van der Waals surface area contributed by atoms with Crippen molar-refractivity contribution in [2.24, 2.45) is 4.99 Å². The fourth-order valence-electron chi connectivity index (χ4n) is 3.56. The van der Waals surface area contributed by atoms with Gasteiger partial charge in [0.2, 0.25) is 0 Å². The van der Waals surface area contributed by atoms with E-state index in [1.165, 1.54) is 12.1 Å². The van der Waals surface area contributed by atoms with Crippen LogP contribution in [0.1, 0.15) is 31.2 Å². The second-order valence-electron chi connectivity index (χ2n) is 6.91. The molecule has 2 aliphatic rings. The van der Waals surface area contributed by atoms with E-state index in [-0.39, 0.29) is 22.9 Å². The molecule has 1 saturated heterocycles. The summed E-state index contributed by atoms with van der Waals surface area (Å²) in [7, 11) is 0. The van der Waals surface area contributed by atoms with E-state index in [1.807, 2.05) is 0 Å². The van der Waals surface area contributed by atoms with Crippen LogP contribution in [0.5, 0.6) is 5.75 Å². The van der Waals surface area contributed by atoms with Crippen LogP contribution in [0.2, 0.25) is 0 Å². The largest absolute Gasteiger partial charge is 0.491 e. The third kappa shape index (κ3) is 3.74. The van der Waals surface area contributed by atoms with E-state index in [0.29, 0.717) is 24.2 Å². The van der Waals surface area contributed by atoms with E-state index >= 15 is 0 Å². The quantitative estimate of drug-likeness (QED) is 0.423. The van der Waals surface area contributed by atoms with Crippen LogP contribution in [0, 0.1) is 0 Å². The molecule has 150 valence electrons. The molecule has 29 heavy (non-hydrogen) atoms. The lowest BCUT2D eigenvalue weighted by Crippen LogP contribution is -2.31. The lowest BCUT2D eigenvalue weighted by atomic mass is 10.0. The highest BCUT2D eigenvalue weighted by Crippen LogP contribution is 2.33. The van der Waals surface area contributed by atoms with Gasteiger partial charge in [0.15, 0.2) is 0 Å². The summed E-state index contributed by atoms with van der Waals surface area (Å²) >= 11 is 0. The van der Waals surface area contributed by atoms with Gasteiger partial charge in [-0.15, -0.1) is 0 Å². The van der Waals surface area contributed by atoms with Crippen LogP contribution in [-0.2, 0) is 9.59 Å². The zero-order valence-electron chi connectivity index (χ0n) is 15.3. The first kappa shape index (κ1) is 19.2. The molecule has 0 bridgehead atoms. The Labute approximate surface area is 164 Å². The van der Waals surface area contributed by atoms with Gasteiger partial charge in [-0.1, -0.05) is 36.8 Å². The maximum Gasteiger partial charge on any atom is 0.491 e. The lowest BCUT2D eigenvalue weighted by molar-refractivity contribution is -0.189. The number of carbonyl (C=O) groups is 2. The zero-order chi connectivity index (χ0) is 20.6. The van der Waals surface area contributed by atoms with Crippen LogP contribution in [-0.4, -0.2) is 35.3 Å². The van der Waals surface area contributed by atoms with Gasteiger partial charge >= 0.3 is 12.1 Å². The molecule has 2 heterocycles. The zero-order valence-corrected chi connectivity index (χ0v) is 15.3. The Balaban J connectivity index is 1.81. The van der Waals surface area contributed by atoms with Gasteiger partial charge in [0.25, 0.3) is 5.91 Å². The van der Waals surface area contributed by atoms with E-state index in [0.717, 1.165) is 24.6 Å². The molecule has 2 aromatic carbocycles. The number of halogens is 3. The number of ether oxygens (including phenoxy) is 1. The predicted octanol–water partition coefficient (Wildman–Crippen LogP) is 4.46. The molecule has 1 amide bonds. The normalized spacial score (nSPS) is 18.6. The third-order valence-corrected chi connectivity index (χ3v) is 4.95. The molecule has 2 aliphatic heterocycles. The number of hydrogen-bond donors (Lipinski definition) is 0. The van der Waals surface area contributed by atoms with Gasteiger partial charge in [0.1, 0.15) is 17.3 Å². The van der Waals surface area contributed by atoms with Gasteiger partial charge in [-0.3, -0.25) is 9.69 Å². The molecular weight excluding hydrogens is 385 g/mol. The summed E-state index contributed by atoms with van der Waals surface area (Å²) in [6.45, 7) is 0.570. The summed E-state index contributed by atoms with van der Waals surface area (Å²) in [5.74, 6) is -2.20. The fraction of sp³-hybridized carbons (Fsp3) is 0.286. The first-order valence-electron chi connectivity index (χ1n) is 9.26. The van der Waals surface area contributed by atoms with E-state index in [2.05, 4.69) is 9.73 Å². The molecular formula is C21H17F3N2O3. The summed E-state index contributed by atoms with van der Waals surface area (Å²) in [5.41, 5.74) is 0.341. The first-order valence-corrected chi connectivity index (χ1v) is 9.26. The van der Waals surface area contributed by atoms with Crippen LogP contribution in [0.3, 0.4) is 0 Å². The van der Waals surface area contributed by atoms with E-state index < -0.39 is 12.1 Å². The fourth-order valence-corrected chi connectivity index (χ4v) is 3.56. The Morgan fingerprint density at radius 1 is 1.10 bits per heavy atom. The Bertz CT molecular complexity index is 1060. The summed E-state index contributed by atoms with van der Waals surface area (Å²) in [6, 6.07) is 9.83. The third-order valence-electron chi connectivity index (χ3n) is 4.95. The molecule has 0 aromatic heterocycles. The van der Waals surface area contributed by atoms with Crippen molar-refractivity contribution in [2.75, 3.05) is 6.54 Å². The number of fused-ring (bicyclic) bond motifs is 2. The van der Waals surface area contributed by atoms with Gasteiger partial charge in [-0.2, -0.15) is 13.2 Å². The molecule has 5 nitrogen and oxygen atoms in total. The Hall–Kier alpha value is -3.16. The summed E-state index contributed by atoms with van der Waals surface area (Å²) in [6.07, 6.45) is -0.222. The molecule has 0 atom stereocenters. The molecule has 0 spiro atoms. The number of carbonyl (C=O) groups excluding carboxylic acids is 2. The Kier molecular flexibility index (Phi) is 4.86. The van der Waals surface area contributed by atoms with Crippen molar-refractivity contribution in [3.8, 4) is 5.75 Å². The van der Waals surface area contributed by atoms with Gasteiger partial charge in [0, 0.05) is 18.5 Å². The van der Waals surface area contributed by atoms with E-state index in [4.69, 9.17) is 0 Å². The molecule has 0 radical (unpaired) electrons. The molecule has 0 aliphatic carbocycles. The van der Waals surface area contributed by atoms with Crippen LogP contribution < -0.4 is 4.74 Å². The number of rotatable bonds is 2. The predicted molar refractivity (Wildman–Crippen MR) is 101 cm³/mol. The molecule has 2 aromatic rings. The molecule has 4 rings (SSSR count). The average molecular weight is 402 g/mol. The first-order chi connectivity index (χ1) is 13.8. The number of aliphatic imine (C=N–C) groups is 1. The van der Waals surface area contributed by atoms with Crippen molar-refractivity contribution in [1.82, 2.24) is 4.90 Å². The minimum absolute atomic E-state index is 0.127. The molecule has 0 saturated carbocycles. The van der Waals surface area contributed by atoms with Gasteiger partial charge in [-0.25, -0.2) is 9.79 Å². The highest BCUT2D eigenvalue weighted by atomic mass is 19.4. The van der Waals surface area contributed by atoms with Crippen molar-refractivity contribution in [3.63, 3.8) is 0 Å².